The number of carbonyl (C=O) groups excluding carboxylic acids is 1. The summed E-state index contributed by atoms with van der Waals surface area (Å²) in [4.78, 5) is 11.9. The fourth-order valence-corrected chi connectivity index (χ4v) is 2.96. The van der Waals surface area contributed by atoms with E-state index in [1.807, 2.05) is 6.07 Å². The van der Waals surface area contributed by atoms with Crippen molar-refractivity contribution in [2.24, 2.45) is 11.7 Å². The van der Waals surface area contributed by atoms with Gasteiger partial charge in [0.15, 0.2) is 0 Å². The quantitative estimate of drug-likeness (QED) is 0.864. The number of amides is 1. The molecule has 20 heavy (non-hydrogen) atoms. The summed E-state index contributed by atoms with van der Waals surface area (Å²) in [6.07, 6.45) is 1.61. The molecule has 0 aromatic heterocycles. The molecule has 2 rings (SSSR count). The van der Waals surface area contributed by atoms with Crippen LogP contribution in [0.1, 0.15) is 31.4 Å². The van der Waals surface area contributed by atoms with Crippen LogP contribution >= 0.6 is 15.9 Å². The second kappa shape index (κ2) is 6.59. The Morgan fingerprint density at radius 3 is 2.95 bits per heavy atom. The van der Waals surface area contributed by atoms with Gasteiger partial charge >= 0.3 is 0 Å². The van der Waals surface area contributed by atoms with Gasteiger partial charge in [-0.25, -0.2) is 0 Å². The van der Waals surface area contributed by atoms with Gasteiger partial charge in [0.1, 0.15) is 5.75 Å². The molecule has 1 aliphatic heterocycles. The summed E-state index contributed by atoms with van der Waals surface area (Å²) in [5.41, 5.74) is 8.06. The number of nitrogens with two attached hydrogens (primary N) is 1. The van der Waals surface area contributed by atoms with Crippen LogP contribution in [-0.2, 0) is 17.8 Å². The molecule has 3 N–H and O–H groups in total. The molecule has 1 atom stereocenters. The van der Waals surface area contributed by atoms with Crippen molar-refractivity contribution in [1.82, 2.24) is 5.32 Å². The first-order valence-electron chi connectivity index (χ1n) is 6.94. The predicted molar refractivity (Wildman–Crippen MR) is 82.6 cm³/mol. The first-order valence-corrected chi connectivity index (χ1v) is 7.74. The second-order valence-electron chi connectivity index (χ2n) is 5.61. The highest BCUT2D eigenvalue weighted by atomic mass is 79.9. The van der Waals surface area contributed by atoms with Gasteiger partial charge < -0.3 is 15.8 Å². The lowest BCUT2D eigenvalue weighted by Gasteiger charge is -2.15. The molecule has 110 valence electrons. The Morgan fingerprint density at radius 1 is 1.50 bits per heavy atom. The third-order valence-electron chi connectivity index (χ3n) is 3.34. The van der Waals surface area contributed by atoms with Gasteiger partial charge in [0.2, 0.25) is 5.91 Å². The summed E-state index contributed by atoms with van der Waals surface area (Å²) in [5, 5.41) is 2.90. The monoisotopic (exact) mass is 340 g/mol. The van der Waals surface area contributed by atoms with Gasteiger partial charge in [0.05, 0.1) is 12.6 Å². The molecule has 1 amide bonds. The summed E-state index contributed by atoms with van der Waals surface area (Å²) in [6.45, 7) is 5.27. The molecule has 0 saturated carbocycles. The van der Waals surface area contributed by atoms with Crippen molar-refractivity contribution in [2.45, 2.75) is 39.3 Å². The number of hydrogen-bond donors (Lipinski definition) is 2. The average molecular weight is 341 g/mol. The van der Waals surface area contributed by atoms with Crippen LogP contribution in [0.3, 0.4) is 0 Å². The molecule has 0 radical (unpaired) electrons. The standard InChI is InChI=1S/C15H21BrN2O2/c1-9(2)5-13(17)15(19)18-8-11-7-12(16)6-10-3-4-20-14(10)11/h6-7,9,13H,3-5,8,17H2,1-2H3,(H,18,19)/t13-/m0/s1. The molecule has 0 spiro atoms. The van der Waals surface area contributed by atoms with E-state index in [0.717, 1.165) is 22.2 Å². The Morgan fingerprint density at radius 2 is 2.25 bits per heavy atom. The maximum Gasteiger partial charge on any atom is 0.237 e. The smallest absolute Gasteiger partial charge is 0.237 e. The van der Waals surface area contributed by atoms with Gasteiger partial charge in [0.25, 0.3) is 0 Å². The first kappa shape index (κ1) is 15.3. The van der Waals surface area contributed by atoms with Crippen molar-refractivity contribution in [3.05, 3.63) is 27.7 Å². The molecule has 1 heterocycles. The van der Waals surface area contributed by atoms with E-state index in [1.54, 1.807) is 0 Å². The van der Waals surface area contributed by atoms with Crippen LogP contribution in [0.5, 0.6) is 5.75 Å². The highest BCUT2D eigenvalue weighted by molar-refractivity contribution is 9.10. The van der Waals surface area contributed by atoms with Crippen molar-refractivity contribution < 1.29 is 9.53 Å². The molecule has 0 bridgehead atoms. The number of fused-ring (bicyclic) bond motifs is 1. The molecule has 1 aromatic rings. The fraction of sp³-hybridized carbons (Fsp3) is 0.533. The Hall–Kier alpha value is -1.07. The Bertz CT molecular complexity index is 503. The Labute approximate surface area is 128 Å². The van der Waals surface area contributed by atoms with E-state index in [4.69, 9.17) is 10.5 Å². The van der Waals surface area contributed by atoms with E-state index in [9.17, 15) is 4.79 Å². The number of nitrogens with one attached hydrogen (secondary N) is 1. The van der Waals surface area contributed by atoms with Gasteiger partial charge in [-0.15, -0.1) is 0 Å². The van der Waals surface area contributed by atoms with Crippen molar-refractivity contribution >= 4 is 21.8 Å². The number of ether oxygens (including phenoxy) is 1. The molecule has 1 aromatic carbocycles. The van der Waals surface area contributed by atoms with Gasteiger partial charge in [-0.3, -0.25) is 4.79 Å². The van der Waals surface area contributed by atoms with Gasteiger partial charge in [-0.05, 0) is 30.0 Å². The molecule has 4 nitrogen and oxygen atoms in total. The number of benzene rings is 1. The maximum absolute atomic E-state index is 11.9. The Balaban J connectivity index is 1.99. The third kappa shape index (κ3) is 3.73. The van der Waals surface area contributed by atoms with Crippen LogP contribution in [0.4, 0.5) is 0 Å². The molecule has 0 unspecified atom stereocenters. The maximum atomic E-state index is 11.9. The number of carbonyl (C=O) groups is 1. The molecule has 0 aliphatic carbocycles. The highest BCUT2D eigenvalue weighted by Gasteiger charge is 2.19. The lowest BCUT2D eigenvalue weighted by molar-refractivity contribution is -0.122. The van der Waals surface area contributed by atoms with Gasteiger partial charge in [-0.2, -0.15) is 0 Å². The van der Waals surface area contributed by atoms with Gasteiger partial charge in [0, 0.05) is 23.0 Å². The zero-order chi connectivity index (χ0) is 14.7. The summed E-state index contributed by atoms with van der Waals surface area (Å²) in [6, 6.07) is 3.60. The van der Waals surface area contributed by atoms with Crippen LogP contribution in [0.2, 0.25) is 0 Å². The number of hydrogen-bond acceptors (Lipinski definition) is 3. The summed E-state index contributed by atoms with van der Waals surface area (Å²) < 4.78 is 6.65. The minimum Gasteiger partial charge on any atom is -0.493 e. The summed E-state index contributed by atoms with van der Waals surface area (Å²) >= 11 is 3.49. The van der Waals surface area contributed by atoms with E-state index in [-0.39, 0.29) is 5.91 Å². The van der Waals surface area contributed by atoms with E-state index in [0.29, 0.717) is 25.5 Å². The predicted octanol–water partition coefficient (Wildman–Crippen LogP) is 2.37. The minimum absolute atomic E-state index is 0.106. The second-order valence-corrected chi connectivity index (χ2v) is 6.52. The van der Waals surface area contributed by atoms with E-state index in [2.05, 4.69) is 41.2 Å². The number of halogens is 1. The lowest BCUT2D eigenvalue weighted by atomic mass is 10.0. The van der Waals surface area contributed by atoms with Gasteiger partial charge in [-0.1, -0.05) is 29.8 Å². The summed E-state index contributed by atoms with van der Waals surface area (Å²) in [7, 11) is 0. The van der Waals surface area contributed by atoms with Crippen LogP contribution in [-0.4, -0.2) is 18.6 Å². The molecule has 0 fully saturated rings. The molecule has 1 aliphatic rings. The fourth-order valence-electron chi connectivity index (χ4n) is 2.41. The number of rotatable bonds is 5. The van der Waals surface area contributed by atoms with Crippen LogP contribution in [0.25, 0.3) is 0 Å². The van der Waals surface area contributed by atoms with Crippen molar-refractivity contribution in [3.63, 3.8) is 0 Å². The van der Waals surface area contributed by atoms with Crippen LogP contribution in [0, 0.1) is 5.92 Å². The summed E-state index contributed by atoms with van der Waals surface area (Å²) in [5.74, 6) is 1.21. The molecule has 5 heteroatoms. The van der Waals surface area contributed by atoms with E-state index < -0.39 is 6.04 Å². The zero-order valence-electron chi connectivity index (χ0n) is 11.9. The Kier molecular flexibility index (Phi) is 5.05. The SMILES string of the molecule is CC(C)C[C@H](N)C(=O)NCc1cc(Br)cc2c1OCC2. The largest absolute Gasteiger partial charge is 0.493 e. The lowest BCUT2D eigenvalue weighted by Crippen LogP contribution is -2.41. The van der Waals surface area contributed by atoms with Crippen molar-refractivity contribution in [2.75, 3.05) is 6.61 Å². The van der Waals surface area contributed by atoms with Crippen molar-refractivity contribution in [1.29, 1.82) is 0 Å². The average Bonchev–Trinajstić information content (AvgIpc) is 2.82. The van der Waals surface area contributed by atoms with E-state index in [1.165, 1.54) is 5.56 Å². The zero-order valence-corrected chi connectivity index (χ0v) is 13.5. The molecular formula is C15H21BrN2O2. The molecular weight excluding hydrogens is 320 g/mol. The topological polar surface area (TPSA) is 64.4 Å². The first-order chi connectivity index (χ1) is 9.47. The van der Waals surface area contributed by atoms with Crippen LogP contribution in [0.15, 0.2) is 16.6 Å². The normalized spacial score (nSPS) is 14.8. The third-order valence-corrected chi connectivity index (χ3v) is 3.80. The highest BCUT2D eigenvalue weighted by Crippen LogP contribution is 2.32. The molecule has 0 saturated heterocycles. The van der Waals surface area contributed by atoms with Crippen LogP contribution < -0.4 is 15.8 Å². The van der Waals surface area contributed by atoms with E-state index >= 15 is 0 Å². The van der Waals surface area contributed by atoms with Crippen molar-refractivity contribution in [3.8, 4) is 5.75 Å². The minimum atomic E-state index is -0.448.